The Balaban J connectivity index is 1.70. The van der Waals surface area contributed by atoms with Crippen molar-refractivity contribution in [2.75, 3.05) is 13.1 Å². The molecule has 1 amide bonds. The van der Waals surface area contributed by atoms with Crippen LogP contribution in [0.5, 0.6) is 0 Å². The number of aromatic amines is 1. The van der Waals surface area contributed by atoms with Crippen LogP contribution in [0.4, 0.5) is 0 Å². The number of rotatable bonds is 3. The molecule has 2 aromatic rings. The van der Waals surface area contributed by atoms with Crippen molar-refractivity contribution in [2.45, 2.75) is 12.5 Å². The molecule has 3 heterocycles. The van der Waals surface area contributed by atoms with Crippen LogP contribution in [0, 0.1) is 0 Å². The van der Waals surface area contributed by atoms with Gasteiger partial charge in [-0.1, -0.05) is 0 Å². The zero-order valence-electron chi connectivity index (χ0n) is 9.77. The minimum Gasteiger partial charge on any atom is -0.463 e. The zero-order chi connectivity index (χ0) is 12.4. The van der Waals surface area contributed by atoms with Crippen LogP contribution in [0.15, 0.2) is 28.9 Å². The van der Waals surface area contributed by atoms with Crippen molar-refractivity contribution in [1.82, 2.24) is 20.8 Å². The van der Waals surface area contributed by atoms with Gasteiger partial charge in [0.15, 0.2) is 11.5 Å². The van der Waals surface area contributed by atoms with Crippen LogP contribution in [-0.4, -0.2) is 35.2 Å². The van der Waals surface area contributed by atoms with Crippen LogP contribution >= 0.6 is 0 Å². The predicted molar refractivity (Wildman–Crippen MR) is 65.0 cm³/mol. The number of hydrogen-bond donors (Lipinski definition) is 3. The quantitative estimate of drug-likeness (QED) is 0.746. The number of carbonyl (C=O) groups excluding carboxylic acids is 1. The lowest BCUT2D eigenvalue weighted by Crippen LogP contribution is -2.36. The minimum absolute atomic E-state index is 0.155. The maximum atomic E-state index is 11.9. The largest absolute Gasteiger partial charge is 0.463 e. The normalized spacial score (nSPS) is 19.0. The van der Waals surface area contributed by atoms with E-state index in [1.54, 1.807) is 18.4 Å². The third kappa shape index (κ3) is 2.14. The highest BCUT2D eigenvalue weighted by Crippen LogP contribution is 2.17. The van der Waals surface area contributed by atoms with Gasteiger partial charge in [-0.2, -0.15) is 5.10 Å². The Morgan fingerprint density at radius 2 is 2.50 bits per heavy atom. The predicted octanol–water partition coefficient (Wildman–Crippen LogP) is 0.761. The lowest BCUT2D eigenvalue weighted by Gasteiger charge is -2.08. The van der Waals surface area contributed by atoms with Crippen LogP contribution in [0.25, 0.3) is 11.5 Å². The second kappa shape index (κ2) is 4.66. The van der Waals surface area contributed by atoms with Crippen LogP contribution in [0.1, 0.15) is 16.9 Å². The number of furan rings is 1. The maximum Gasteiger partial charge on any atom is 0.272 e. The average Bonchev–Trinajstić information content (AvgIpc) is 3.11. The summed E-state index contributed by atoms with van der Waals surface area (Å²) in [5.41, 5.74) is 1.09. The molecular formula is C12H14N4O2. The molecule has 1 atom stereocenters. The van der Waals surface area contributed by atoms with Crippen LogP contribution in [0.3, 0.4) is 0 Å². The maximum absolute atomic E-state index is 11.9. The Hall–Kier alpha value is -2.08. The van der Waals surface area contributed by atoms with Crippen LogP contribution in [-0.2, 0) is 0 Å². The van der Waals surface area contributed by atoms with Crippen LogP contribution < -0.4 is 10.6 Å². The van der Waals surface area contributed by atoms with Crippen molar-refractivity contribution < 1.29 is 9.21 Å². The summed E-state index contributed by atoms with van der Waals surface area (Å²) in [4.78, 5) is 11.9. The van der Waals surface area contributed by atoms with Gasteiger partial charge in [0.25, 0.3) is 5.91 Å². The second-order valence-electron chi connectivity index (χ2n) is 4.31. The molecule has 18 heavy (non-hydrogen) atoms. The molecule has 0 radical (unpaired) electrons. The lowest BCUT2D eigenvalue weighted by molar-refractivity contribution is 0.0935. The highest BCUT2D eigenvalue weighted by atomic mass is 16.3. The Bertz CT molecular complexity index is 526. The van der Waals surface area contributed by atoms with E-state index in [4.69, 9.17) is 4.42 Å². The number of nitrogens with one attached hydrogen (secondary N) is 3. The van der Waals surface area contributed by atoms with E-state index in [2.05, 4.69) is 20.8 Å². The fraction of sp³-hybridized carbons (Fsp3) is 0.333. The van der Waals surface area contributed by atoms with Gasteiger partial charge in [0.1, 0.15) is 5.69 Å². The molecule has 0 aliphatic carbocycles. The topological polar surface area (TPSA) is 83.0 Å². The van der Waals surface area contributed by atoms with E-state index in [-0.39, 0.29) is 11.9 Å². The van der Waals surface area contributed by atoms with Crippen molar-refractivity contribution in [1.29, 1.82) is 0 Å². The SMILES string of the molecule is O=C(NC1CCNC1)c1cc(-c2ccco2)[nH]n1. The molecule has 6 nitrogen and oxygen atoms in total. The molecule has 3 N–H and O–H groups in total. The fourth-order valence-electron chi connectivity index (χ4n) is 2.03. The summed E-state index contributed by atoms with van der Waals surface area (Å²) in [5, 5.41) is 12.9. The molecule has 0 aromatic carbocycles. The molecule has 0 bridgehead atoms. The smallest absolute Gasteiger partial charge is 0.272 e. The minimum atomic E-state index is -0.155. The molecule has 1 aliphatic heterocycles. The summed E-state index contributed by atoms with van der Waals surface area (Å²) in [6, 6.07) is 5.49. The number of aromatic nitrogens is 2. The first-order chi connectivity index (χ1) is 8.83. The van der Waals surface area contributed by atoms with Crippen molar-refractivity contribution >= 4 is 5.91 Å². The number of nitrogens with zero attached hydrogens (tertiary/aromatic N) is 1. The molecule has 0 spiro atoms. The van der Waals surface area contributed by atoms with Crippen molar-refractivity contribution in [3.05, 3.63) is 30.2 Å². The molecule has 6 heteroatoms. The van der Waals surface area contributed by atoms with Gasteiger partial charge in [-0.15, -0.1) is 0 Å². The summed E-state index contributed by atoms with van der Waals surface area (Å²) < 4.78 is 5.23. The number of hydrogen-bond acceptors (Lipinski definition) is 4. The Morgan fingerprint density at radius 3 is 3.22 bits per heavy atom. The third-order valence-electron chi connectivity index (χ3n) is 2.99. The highest BCUT2D eigenvalue weighted by Gasteiger charge is 2.19. The Labute approximate surface area is 104 Å². The molecule has 1 fully saturated rings. The van der Waals surface area contributed by atoms with E-state index in [1.807, 2.05) is 6.07 Å². The molecular weight excluding hydrogens is 232 g/mol. The molecule has 3 rings (SSSR count). The fourth-order valence-corrected chi connectivity index (χ4v) is 2.03. The zero-order valence-corrected chi connectivity index (χ0v) is 9.77. The molecule has 1 aliphatic rings. The molecule has 2 aromatic heterocycles. The van der Waals surface area contributed by atoms with E-state index < -0.39 is 0 Å². The third-order valence-corrected chi connectivity index (χ3v) is 2.99. The van der Waals surface area contributed by atoms with Crippen molar-refractivity contribution in [3.63, 3.8) is 0 Å². The van der Waals surface area contributed by atoms with E-state index in [0.29, 0.717) is 17.1 Å². The van der Waals surface area contributed by atoms with Gasteiger partial charge in [0, 0.05) is 18.7 Å². The highest BCUT2D eigenvalue weighted by molar-refractivity contribution is 5.93. The monoisotopic (exact) mass is 246 g/mol. The molecule has 1 saturated heterocycles. The van der Waals surface area contributed by atoms with E-state index >= 15 is 0 Å². The summed E-state index contributed by atoms with van der Waals surface area (Å²) in [7, 11) is 0. The summed E-state index contributed by atoms with van der Waals surface area (Å²) in [5.74, 6) is 0.516. The lowest BCUT2D eigenvalue weighted by atomic mass is 10.2. The van der Waals surface area contributed by atoms with Gasteiger partial charge in [-0.05, 0) is 25.1 Å². The Morgan fingerprint density at radius 1 is 1.56 bits per heavy atom. The number of H-pyrrole nitrogens is 1. The first-order valence-electron chi connectivity index (χ1n) is 5.94. The van der Waals surface area contributed by atoms with E-state index in [9.17, 15) is 4.79 Å². The van der Waals surface area contributed by atoms with Crippen molar-refractivity contribution in [3.8, 4) is 11.5 Å². The second-order valence-corrected chi connectivity index (χ2v) is 4.31. The van der Waals surface area contributed by atoms with Gasteiger partial charge in [-0.3, -0.25) is 9.89 Å². The van der Waals surface area contributed by atoms with Gasteiger partial charge in [0.2, 0.25) is 0 Å². The summed E-state index contributed by atoms with van der Waals surface area (Å²) in [6.07, 6.45) is 2.54. The van der Waals surface area contributed by atoms with Gasteiger partial charge in [0.05, 0.1) is 6.26 Å². The van der Waals surface area contributed by atoms with E-state index in [0.717, 1.165) is 19.5 Å². The molecule has 94 valence electrons. The van der Waals surface area contributed by atoms with Crippen LogP contribution in [0.2, 0.25) is 0 Å². The van der Waals surface area contributed by atoms with Gasteiger partial charge >= 0.3 is 0 Å². The summed E-state index contributed by atoms with van der Waals surface area (Å²) in [6.45, 7) is 1.77. The number of amides is 1. The summed E-state index contributed by atoms with van der Waals surface area (Å²) >= 11 is 0. The standard InChI is InChI=1S/C12H14N4O2/c17-12(14-8-3-4-13-7-8)10-6-9(15-16-10)11-2-1-5-18-11/h1-2,5-6,8,13H,3-4,7H2,(H,14,17)(H,15,16). The first kappa shape index (κ1) is 11.0. The van der Waals surface area contributed by atoms with Gasteiger partial charge in [-0.25, -0.2) is 0 Å². The Kier molecular flexibility index (Phi) is 2.85. The average molecular weight is 246 g/mol. The molecule has 1 unspecified atom stereocenters. The number of carbonyl (C=O) groups is 1. The van der Waals surface area contributed by atoms with E-state index in [1.165, 1.54) is 0 Å². The van der Waals surface area contributed by atoms with Gasteiger partial charge < -0.3 is 15.1 Å². The molecule has 0 saturated carbocycles. The first-order valence-corrected chi connectivity index (χ1v) is 5.94. The van der Waals surface area contributed by atoms with Crippen molar-refractivity contribution in [2.24, 2.45) is 0 Å².